The molecule has 0 amide bonds. The molecule has 0 aromatic carbocycles. The first-order chi connectivity index (χ1) is 10.8. The molecule has 5 heteroatoms. The highest BCUT2D eigenvalue weighted by molar-refractivity contribution is 4.61. The van der Waals surface area contributed by atoms with E-state index in [0.717, 1.165) is 45.1 Å². The summed E-state index contributed by atoms with van der Waals surface area (Å²) in [7, 11) is 0. The minimum Gasteiger partial charge on any atom is -0.379 e. The molecule has 0 rings (SSSR count). The Labute approximate surface area is 136 Å². The average Bonchev–Trinajstić information content (AvgIpc) is 2.53. The van der Waals surface area contributed by atoms with Crippen molar-refractivity contribution in [1.82, 2.24) is 0 Å². The first-order valence-electron chi connectivity index (χ1n) is 8.82. The Kier molecular flexibility index (Phi) is 17.0. The second kappa shape index (κ2) is 17.2. The molecular formula is C17H36O5. The van der Waals surface area contributed by atoms with Crippen molar-refractivity contribution < 1.29 is 24.1 Å². The highest BCUT2D eigenvalue weighted by atomic mass is 16.6. The summed E-state index contributed by atoms with van der Waals surface area (Å²) in [6, 6.07) is 0. The first-order valence-corrected chi connectivity index (χ1v) is 8.82. The molecule has 0 saturated carbocycles. The van der Waals surface area contributed by atoms with Crippen molar-refractivity contribution in [2.24, 2.45) is 0 Å². The molecule has 0 heterocycles. The van der Waals surface area contributed by atoms with E-state index >= 15 is 0 Å². The van der Waals surface area contributed by atoms with E-state index in [1.807, 2.05) is 0 Å². The number of hydrogen-bond donors (Lipinski definition) is 1. The quantitative estimate of drug-likeness (QED) is 0.329. The second-order valence-electron chi connectivity index (χ2n) is 5.42. The van der Waals surface area contributed by atoms with Crippen molar-refractivity contribution in [3.05, 3.63) is 0 Å². The van der Waals surface area contributed by atoms with Crippen LogP contribution in [0.3, 0.4) is 0 Å². The summed E-state index contributed by atoms with van der Waals surface area (Å²) in [5, 5.41) is 10.1. The third kappa shape index (κ3) is 13.5. The fourth-order valence-corrected chi connectivity index (χ4v) is 1.72. The van der Waals surface area contributed by atoms with Crippen LogP contribution in [0.5, 0.6) is 0 Å². The maximum atomic E-state index is 10.1. The van der Waals surface area contributed by atoms with E-state index in [2.05, 4.69) is 20.8 Å². The molecule has 1 N–H and O–H groups in total. The Morgan fingerprint density at radius 2 is 1.27 bits per heavy atom. The molecule has 0 aliphatic rings. The van der Waals surface area contributed by atoms with Crippen LogP contribution in [0.2, 0.25) is 0 Å². The van der Waals surface area contributed by atoms with Gasteiger partial charge in [0.1, 0.15) is 6.10 Å². The molecule has 0 radical (unpaired) electrons. The molecule has 0 spiro atoms. The lowest BCUT2D eigenvalue weighted by atomic mass is 10.3. The van der Waals surface area contributed by atoms with Gasteiger partial charge in [0.05, 0.1) is 19.8 Å². The molecule has 0 fully saturated rings. The van der Waals surface area contributed by atoms with Crippen LogP contribution in [-0.2, 0) is 18.9 Å². The molecule has 0 aliphatic carbocycles. The van der Waals surface area contributed by atoms with Crippen molar-refractivity contribution in [3.8, 4) is 0 Å². The van der Waals surface area contributed by atoms with Crippen LogP contribution in [0.4, 0.5) is 0 Å². The van der Waals surface area contributed by atoms with E-state index in [4.69, 9.17) is 18.9 Å². The zero-order valence-corrected chi connectivity index (χ0v) is 14.7. The average molecular weight is 320 g/mol. The lowest BCUT2D eigenvalue weighted by Gasteiger charge is -2.23. The van der Waals surface area contributed by atoms with E-state index < -0.39 is 12.4 Å². The van der Waals surface area contributed by atoms with Crippen LogP contribution in [0.25, 0.3) is 0 Å². The van der Waals surface area contributed by atoms with E-state index in [1.54, 1.807) is 0 Å². The van der Waals surface area contributed by atoms with Gasteiger partial charge in [-0.3, -0.25) is 0 Å². The van der Waals surface area contributed by atoms with E-state index in [9.17, 15) is 5.11 Å². The van der Waals surface area contributed by atoms with E-state index in [-0.39, 0.29) is 0 Å². The highest BCUT2D eigenvalue weighted by Gasteiger charge is 2.20. The summed E-state index contributed by atoms with van der Waals surface area (Å²) in [5.74, 6) is 0. The van der Waals surface area contributed by atoms with Gasteiger partial charge in [-0.1, -0.05) is 40.0 Å². The van der Waals surface area contributed by atoms with Crippen molar-refractivity contribution in [2.75, 3.05) is 39.6 Å². The molecule has 0 bridgehead atoms. The number of ether oxygens (including phenoxy) is 4. The largest absolute Gasteiger partial charge is 0.379 e. The lowest BCUT2D eigenvalue weighted by Crippen LogP contribution is -2.36. The van der Waals surface area contributed by atoms with Crippen molar-refractivity contribution in [2.45, 2.75) is 71.7 Å². The highest BCUT2D eigenvalue weighted by Crippen LogP contribution is 2.05. The molecule has 0 aromatic heterocycles. The topological polar surface area (TPSA) is 57.2 Å². The summed E-state index contributed by atoms with van der Waals surface area (Å²) < 4.78 is 22.0. The van der Waals surface area contributed by atoms with Gasteiger partial charge in [-0.25, -0.2) is 0 Å². The van der Waals surface area contributed by atoms with Crippen molar-refractivity contribution in [3.63, 3.8) is 0 Å². The smallest absolute Gasteiger partial charge is 0.183 e. The first kappa shape index (κ1) is 21.8. The standard InChI is InChI=1S/C17H36O5/c1-4-7-10-19-13-14-22-17(18)16(21-12-9-6-3)15-20-11-8-5-2/h16-18H,4-15H2,1-3H3/t16-,17-/m1/s1. The fraction of sp³-hybridized carbons (Fsp3) is 1.00. The third-order valence-corrected chi connectivity index (χ3v) is 3.23. The van der Waals surface area contributed by atoms with Gasteiger partial charge >= 0.3 is 0 Å². The fourth-order valence-electron chi connectivity index (χ4n) is 1.72. The van der Waals surface area contributed by atoms with E-state index in [0.29, 0.717) is 33.0 Å². The van der Waals surface area contributed by atoms with E-state index in [1.165, 1.54) is 0 Å². The molecular weight excluding hydrogens is 284 g/mol. The maximum absolute atomic E-state index is 10.1. The summed E-state index contributed by atoms with van der Waals surface area (Å²) in [6.07, 6.45) is 4.92. The summed E-state index contributed by atoms with van der Waals surface area (Å²) in [6.45, 7) is 9.63. The second-order valence-corrected chi connectivity index (χ2v) is 5.42. The maximum Gasteiger partial charge on any atom is 0.183 e. The van der Waals surface area contributed by atoms with Crippen LogP contribution >= 0.6 is 0 Å². The Morgan fingerprint density at radius 3 is 1.91 bits per heavy atom. The van der Waals surface area contributed by atoms with Crippen LogP contribution in [-0.4, -0.2) is 57.1 Å². The Balaban J connectivity index is 3.88. The molecule has 0 unspecified atom stereocenters. The van der Waals surface area contributed by atoms with Gasteiger partial charge in [-0.15, -0.1) is 0 Å². The minimum absolute atomic E-state index is 0.363. The summed E-state index contributed by atoms with van der Waals surface area (Å²) >= 11 is 0. The number of aliphatic hydroxyl groups excluding tert-OH is 1. The van der Waals surface area contributed by atoms with Gasteiger partial charge in [-0.05, 0) is 19.3 Å². The van der Waals surface area contributed by atoms with Gasteiger partial charge in [0.2, 0.25) is 0 Å². The number of aliphatic hydroxyl groups is 1. The van der Waals surface area contributed by atoms with Gasteiger partial charge < -0.3 is 24.1 Å². The molecule has 0 saturated heterocycles. The number of unbranched alkanes of at least 4 members (excludes halogenated alkanes) is 3. The SMILES string of the molecule is CCCCOCCO[C@@H](O)[C@@H](COCCCC)OCCCC. The molecule has 2 atom stereocenters. The summed E-state index contributed by atoms with van der Waals surface area (Å²) in [4.78, 5) is 0. The van der Waals surface area contributed by atoms with Gasteiger partial charge in [0, 0.05) is 19.8 Å². The lowest BCUT2D eigenvalue weighted by molar-refractivity contribution is -0.198. The van der Waals surface area contributed by atoms with Crippen molar-refractivity contribution in [1.29, 1.82) is 0 Å². The Bertz CT molecular complexity index is 213. The molecule has 0 aliphatic heterocycles. The summed E-state index contributed by atoms with van der Waals surface area (Å²) in [5.41, 5.74) is 0. The zero-order chi connectivity index (χ0) is 16.5. The zero-order valence-electron chi connectivity index (χ0n) is 14.7. The Morgan fingerprint density at radius 1 is 0.682 bits per heavy atom. The van der Waals surface area contributed by atoms with Gasteiger partial charge in [0.15, 0.2) is 6.29 Å². The van der Waals surface area contributed by atoms with Gasteiger partial charge in [-0.2, -0.15) is 0 Å². The van der Waals surface area contributed by atoms with Crippen molar-refractivity contribution >= 4 is 0 Å². The monoisotopic (exact) mass is 320 g/mol. The predicted molar refractivity (Wildman–Crippen MR) is 88.1 cm³/mol. The number of hydrogen-bond acceptors (Lipinski definition) is 5. The van der Waals surface area contributed by atoms with Crippen LogP contribution in [0.1, 0.15) is 59.3 Å². The predicted octanol–water partition coefficient (Wildman–Crippen LogP) is 3.14. The molecule has 22 heavy (non-hydrogen) atoms. The Hall–Kier alpha value is -0.200. The normalized spacial score (nSPS) is 14.2. The van der Waals surface area contributed by atoms with Crippen LogP contribution in [0.15, 0.2) is 0 Å². The minimum atomic E-state index is -0.965. The van der Waals surface area contributed by atoms with Crippen LogP contribution < -0.4 is 0 Å². The number of rotatable bonds is 17. The molecule has 5 nitrogen and oxygen atoms in total. The third-order valence-electron chi connectivity index (χ3n) is 3.23. The van der Waals surface area contributed by atoms with Gasteiger partial charge in [0.25, 0.3) is 0 Å². The van der Waals surface area contributed by atoms with Crippen LogP contribution in [0, 0.1) is 0 Å². The molecule has 134 valence electrons. The molecule has 0 aromatic rings.